The average molecular weight is 334 g/mol. The number of carbonyl (C=O) groups is 1. The normalized spacial score (nSPS) is 20.8. The molecule has 5 heteroatoms. The van der Waals surface area contributed by atoms with Gasteiger partial charge in [-0.05, 0) is 37.0 Å². The number of anilines is 1. The highest BCUT2D eigenvalue weighted by molar-refractivity contribution is 9.10. The highest BCUT2D eigenvalue weighted by Gasteiger charge is 2.44. The number of rotatable bonds is 3. The molecule has 4 nitrogen and oxygen atoms in total. The van der Waals surface area contributed by atoms with Crippen LogP contribution in [0.25, 0.3) is 0 Å². The van der Waals surface area contributed by atoms with Crippen molar-refractivity contribution < 1.29 is 4.79 Å². The van der Waals surface area contributed by atoms with Gasteiger partial charge in [0.15, 0.2) is 0 Å². The van der Waals surface area contributed by atoms with Crippen LogP contribution in [-0.4, -0.2) is 15.7 Å². The van der Waals surface area contributed by atoms with E-state index in [1.54, 1.807) is 4.68 Å². The van der Waals surface area contributed by atoms with Crippen molar-refractivity contribution in [3.05, 3.63) is 46.1 Å². The Hall–Kier alpha value is -1.62. The van der Waals surface area contributed by atoms with Crippen molar-refractivity contribution in [3.8, 4) is 0 Å². The van der Waals surface area contributed by atoms with Crippen LogP contribution in [0.1, 0.15) is 23.6 Å². The third-order valence-corrected chi connectivity index (χ3v) is 4.21. The SMILES string of the molecule is Cc1cc(NC(=O)C2CC2c2ccc(Br)cc2)n(C)n1. The summed E-state index contributed by atoms with van der Waals surface area (Å²) < 4.78 is 2.76. The van der Waals surface area contributed by atoms with E-state index in [0.29, 0.717) is 5.92 Å². The van der Waals surface area contributed by atoms with Gasteiger partial charge >= 0.3 is 0 Å². The van der Waals surface area contributed by atoms with E-state index in [9.17, 15) is 4.79 Å². The second kappa shape index (κ2) is 5.05. The summed E-state index contributed by atoms with van der Waals surface area (Å²) in [4.78, 5) is 12.2. The van der Waals surface area contributed by atoms with E-state index in [1.165, 1.54) is 5.56 Å². The predicted octanol–water partition coefficient (Wildman–Crippen LogP) is 3.23. The zero-order valence-electron chi connectivity index (χ0n) is 11.4. The van der Waals surface area contributed by atoms with E-state index in [4.69, 9.17) is 0 Å². The van der Waals surface area contributed by atoms with Crippen LogP contribution in [-0.2, 0) is 11.8 Å². The smallest absolute Gasteiger partial charge is 0.229 e. The van der Waals surface area contributed by atoms with Crippen molar-refractivity contribution in [1.82, 2.24) is 9.78 Å². The maximum absolute atomic E-state index is 12.2. The number of halogens is 1. The van der Waals surface area contributed by atoms with Gasteiger partial charge in [0.05, 0.1) is 5.69 Å². The Morgan fingerprint density at radius 3 is 2.70 bits per heavy atom. The first-order chi connectivity index (χ1) is 9.54. The molecule has 2 atom stereocenters. The summed E-state index contributed by atoms with van der Waals surface area (Å²) in [7, 11) is 1.84. The molecule has 1 aromatic heterocycles. The van der Waals surface area contributed by atoms with Gasteiger partial charge < -0.3 is 5.32 Å². The minimum absolute atomic E-state index is 0.0754. The van der Waals surface area contributed by atoms with Crippen molar-refractivity contribution in [2.45, 2.75) is 19.3 Å². The molecule has 104 valence electrons. The molecular weight excluding hydrogens is 318 g/mol. The first-order valence-electron chi connectivity index (χ1n) is 6.61. The third-order valence-electron chi connectivity index (χ3n) is 3.68. The van der Waals surface area contributed by atoms with Gasteiger partial charge in [0, 0.05) is 23.5 Å². The van der Waals surface area contributed by atoms with Crippen LogP contribution in [0.3, 0.4) is 0 Å². The Morgan fingerprint density at radius 1 is 1.40 bits per heavy atom. The topological polar surface area (TPSA) is 46.9 Å². The van der Waals surface area contributed by atoms with Crippen molar-refractivity contribution in [3.63, 3.8) is 0 Å². The number of carbonyl (C=O) groups excluding carboxylic acids is 1. The van der Waals surface area contributed by atoms with Crippen LogP contribution in [0.15, 0.2) is 34.8 Å². The number of aryl methyl sites for hydroxylation is 2. The molecule has 0 spiro atoms. The highest BCUT2D eigenvalue weighted by atomic mass is 79.9. The van der Waals surface area contributed by atoms with E-state index in [1.807, 2.05) is 32.2 Å². The van der Waals surface area contributed by atoms with Gasteiger partial charge in [0.2, 0.25) is 5.91 Å². The van der Waals surface area contributed by atoms with Crippen LogP contribution in [0.5, 0.6) is 0 Å². The summed E-state index contributed by atoms with van der Waals surface area (Å²) >= 11 is 3.42. The summed E-state index contributed by atoms with van der Waals surface area (Å²) in [5.74, 6) is 1.26. The zero-order valence-corrected chi connectivity index (χ0v) is 13.0. The Bertz CT molecular complexity index is 648. The van der Waals surface area contributed by atoms with Crippen LogP contribution < -0.4 is 5.32 Å². The van der Waals surface area contributed by atoms with Gasteiger partial charge in [-0.3, -0.25) is 9.48 Å². The van der Waals surface area contributed by atoms with E-state index in [2.05, 4.69) is 38.5 Å². The first kappa shape index (κ1) is 13.4. The lowest BCUT2D eigenvalue weighted by Gasteiger charge is -2.05. The van der Waals surface area contributed by atoms with Crippen LogP contribution in [0.2, 0.25) is 0 Å². The van der Waals surface area contributed by atoms with Gasteiger partial charge in [-0.2, -0.15) is 5.10 Å². The van der Waals surface area contributed by atoms with Gasteiger partial charge in [-0.15, -0.1) is 0 Å². The van der Waals surface area contributed by atoms with E-state index < -0.39 is 0 Å². The molecule has 1 aliphatic carbocycles. The maximum atomic E-state index is 12.2. The summed E-state index contributed by atoms with van der Waals surface area (Å²) in [6.45, 7) is 1.91. The molecule has 0 saturated heterocycles. The summed E-state index contributed by atoms with van der Waals surface area (Å²) in [5, 5.41) is 7.18. The molecule has 0 bridgehead atoms. The zero-order chi connectivity index (χ0) is 14.3. The van der Waals surface area contributed by atoms with Crippen molar-refractivity contribution in [1.29, 1.82) is 0 Å². The fraction of sp³-hybridized carbons (Fsp3) is 0.333. The molecule has 3 rings (SSSR count). The lowest BCUT2D eigenvalue weighted by Crippen LogP contribution is -2.16. The lowest BCUT2D eigenvalue weighted by atomic mass is 10.1. The largest absolute Gasteiger partial charge is 0.311 e. The molecule has 0 radical (unpaired) electrons. The van der Waals surface area contributed by atoms with Crippen LogP contribution in [0, 0.1) is 12.8 Å². The standard InChI is InChI=1S/C15H16BrN3O/c1-9-7-14(19(2)18-9)17-15(20)13-8-12(13)10-3-5-11(16)6-4-10/h3-7,12-13H,8H2,1-2H3,(H,17,20). The molecule has 2 unspecified atom stereocenters. The fourth-order valence-electron chi connectivity index (χ4n) is 2.51. The number of hydrogen-bond acceptors (Lipinski definition) is 2. The second-order valence-electron chi connectivity index (χ2n) is 5.28. The molecule has 1 saturated carbocycles. The number of aromatic nitrogens is 2. The van der Waals surface area contributed by atoms with E-state index in [0.717, 1.165) is 22.4 Å². The Morgan fingerprint density at radius 2 is 2.10 bits per heavy atom. The Labute approximate surface area is 126 Å². The Kier molecular flexibility index (Phi) is 3.38. The number of amides is 1. The predicted molar refractivity (Wildman–Crippen MR) is 81.6 cm³/mol. The van der Waals surface area contributed by atoms with Crippen LogP contribution >= 0.6 is 15.9 Å². The summed E-state index contributed by atoms with van der Waals surface area (Å²) in [5.41, 5.74) is 2.14. The molecule has 0 aliphatic heterocycles. The Balaban J connectivity index is 1.65. The average Bonchev–Trinajstić information content (AvgIpc) is 3.13. The lowest BCUT2D eigenvalue weighted by molar-refractivity contribution is -0.117. The second-order valence-corrected chi connectivity index (χ2v) is 6.20. The number of nitrogens with zero attached hydrogens (tertiary/aromatic N) is 2. The van der Waals surface area contributed by atoms with E-state index >= 15 is 0 Å². The highest BCUT2D eigenvalue weighted by Crippen LogP contribution is 2.48. The van der Waals surface area contributed by atoms with Crippen molar-refractivity contribution >= 4 is 27.7 Å². The van der Waals surface area contributed by atoms with Gasteiger partial charge in [-0.25, -0.2) is 0 Å². The third kappa shape index (κ3) is 2.63. The minimum Gasteiger partial charge on any atom is -0.311 e. The van der Waals surface area contributed by atoms with Crippen molar-refractivity contribution in [2.75, 3.05) is 5.32 Å². The molecular formula is C15H16BrN3O. The number of nitrogens with one attached hydrogen (secondary N) is 1. The molecule has 1 heterocycles. The summed E-state index contributed by atoms with van der Waals surface area (Å²) in [6.07, 6.45) is 0.921. The molecule has 1 aromatic carbocycles. The monoisotopic (exact) mass is 333 g/mol. The molecule has 20 heavy (non-hydrogen) atoms. The fourth-order valence-corrected chi connectivity index (χ4v) is 2.77. The van der Waals surface area contributed by atoms with Gasteiger partial charge in [-0.1, -0.05) is 28.1 Å². The van der Waals surface area contributed by atoms with Crippen molar-refractivity contribution in [2.24, 2.45) is 13.0 Å². The van der Waals surface area contributed by atoms with Crippen LogP contribution in [0.4, 0.5) is 5.82 Å². The molecule has 2 aromatic rings. The molecule has 1 amide bonds. The molecule has 1 N–H and O–H groups in total. The number of benzene rings is 1. The summed E-state index contributed by atoms with van der Waals surface area (Å²) in [6, 6.07) is 10.1. The van der Waals surface area contributed by atoms with Gasteiger partial charge in [0.1, 0.15) is 5.82 Å². The minimum atomic E-state index is 0.0754. The quantitative estimate of drug-likeness (QED) is 0.937. The first-order valence-corrected chi connectivity index (χ1v) is 7.41. The number of hydrogen-bond donors (Lipinski definition) is 1. The molecule has 1 fully saturated rings. The molecule has 1 aliphatic rings. The maximum Gasteiger partial charge on any atom is 0.229 e. The van der Waals surface area contributed by atoms with Gasteiger partial charge in [0.25, 0.3) is 0 Å². The van der Waals surface area contributed by atoms with E-state index in [-0.39, 0.29) is 11.8 Å².